The molecule has 1 aromatic heterocycles. The molecule has 3 aliphatic rings. The van der Waals surface area contributed by atoms with E-state index in [9.17, 15) is 4.79 Å². The third-order valence-corrected chi connectivity index (χ3v) is 6.18. The number of nitrogens with one attached hydrogen (secondary N) is 2. The van der Waals surface area contributed by atoms with Crippen LogP contribution in [0.25, 0.3) is 11.0 Å². The van der Waals surface area contributed by atoms with E-state index >= 15 is 0 Å². The molecule has 1 aromatic carbocycles. The predicted octanol–water partition coefficient (Wildman–Crippen LogP) is 1.54. The van der Waals surface area contributed by atoms with Crippen LogP contribution in [0.15, 0.2) is 18.2 Å². The highest BCUT2D eigenvalue weighted by atomic mass is 16.1. The van der Waals surface area contributed by atoms with Crippen LogP contribution in [0.1, 0.15) is 36.5 Å². The smallest absolute Gasteiger partial charge is 0.206 e. The predicted molar refractivity (Wildman–Crippen MR) is 98.3 cm³/mol. The molecule has 5 rings (SSSR count). The Morgan fingerprint density at radius 1 is 1.24 bits per heavy atom. The van der Waals surface area contributed by atoms with Gasteiger partial charge in [0.05, 0.1) is 11.0 Å². The van der Waals surface area contributed by atoms with Crippen molar-refractivity contribution in [1.82, 2.24) is 20.2 Å². The van der Waals surface area contributed by atoms with Crippen molar-refractivity contribution in [2.75, 3.05) is 31.1 Å². The molecule has 1 unspecified atom stereocenters. The number of rotatable bonds is 1. The van der Waals surface area contributed by atoms with E-state index in [1.807, 2.05) is 18.2 Å². The number of hydrogen-bond acceptors (Lipinski definition) is 5. The molecule has 0 bridgehead atoms. The maximum Gasteiger partial charge on any atom is 0.206 e. The summed E-state index contributed by atoms with van der Waals surface area (Å²) >= 11 is 0. The van der Waals surface area contributed by atoms with Crippen LogP contribution in [0.4, 0.5) is 5.95 Å². The fourth-order valence-corrected chi connectivity index (χ4v) is 4.56. The summed E-state index contributed by atoms with van der Waals surface area (Å²) in [6, 6.07) is 6.47. The third-order valence-electron chi connectivity index (χ3n) is 6.18. The molecule has 2 fully saturated rings. The van der Waals surface area contributed by atoms with Crippen molar-refractivity contribution >= 4 is 22.8 Å². The van der Waals surface area contributed by atoms with Crippen molar-refractivity contribution in [3.05, 3.63) is 23.8 Å². The lowest BCUT2D eigenvalue weighted by atomic mass is 9.85. The third kappa shape index (κ3) is 2.39. The van der Waals surface area contributed by atoms with Crippen LogP contribution in [-0.4, -0.2) is 53.1 Å². The number of carbonyl (C=O) groups is 1. The average Bonchev–Trinajstić information content (AvgIpc) is 3.02. The molecule has 0 aliphatic carbocycles. The zero-order valence-corrected chi connectivity index (χ0v) is 14.7. The van der Waals surface area contributed by atoms with Crippen LogP contribution in [0, 0.1) is 0 Å². The molecular formula is C19H25N5O. The van der Waals surface area contributed by atoms with Gasteiger partial charge in [0.1, 0.15) is 0 Å². The van der Waals surface area contributed by atoms with Gasteiger partial charge >= 0.3 is 0 Å². The maximum absolute atomic E-state index is 12.2. The topological polar surface area (TPSA) is 62.2 Å². The normalized spacial score (nSPS) is 25.7. The average molecular weight is 339 g/mol. The minimum absolute atomic E-state index is 0.234. The van der Waals surface area contributed by atoms with Crippen LogP contribution < -0.4 is 15.5 Å². The highest BCUT2D eigenvalue weighted by Crippen LogP contribution is 2.33. The van der Waals surface area contributed by atoms with Gasteiger partial charge in [-0.25, -0.2) is 4.98 Å². The van der Waals surface area contributed by atoms with E-state index in [2.05, 4.69) is 27.0 Å². The van der Waals surface area contributed by atoms with Crippen LogP contribution in [0.2, 0.25) is 0 Å². The molecule has 3 aliphatic heterocycles. The summed E-state index contributed by atoms with van der Waals surface area (Å²) < 4.78 is 2.26. The molecule has 132 valence electrons. The number of carbonyl (C=O) groups excluding carboxylic acids is 1. The number of para-hydroxylation sites is 1. The molecule has 1 atom stereocenters. The number of piperidine rings is 1. The summed E-state index contributed by atoms with van der Waals surface area (Å²) in [6.45, 7) is 7.10. The molecular weight excluding hydrogens is 314 g/mol. The number of imidazole rings is 1. The van der Waals surface area contributed by atoms with E-state index in [-0.39, 0.29) is 11.3 Å². The first kappa shape index (κ1) is 15.3. The van der Waals surface area contributed by atoms with Gasteiger partial charge in [0, 0.05) is 56.3 Å². The first-order valence-electron chi connectivity index (χ1n) is 9.41. The fourth-order valence-electron chi connectivity index (χ4n) is 4.56. The molecule has 1 spiro atoms. The van der Waals surface area contributed by atoms with E-state index < -0.39 is 0 Å². The quantitative estimate of drug-likeness (QED) is 0.825. The van der Waals surface area contributed by atoms with Gasteiger partial charge < -0.3 is 20.1 Å². The lowest BCUT2D eigenvalue weighted by Gasteiger charge is -2.46. The Labute approximate surface area is 147 Å². The summed E-state index contributed by atoms with van der Waals surface area (Å²) in [7, 11) is 0. The van der Waals surface area contributed by atoms with E-state index in [0.29, 0.717) is 12.5 Å². The van der Waals surface area contributed by atoms with Crippen molar-refractivity contribution in [3.63, 3.8) is 0 Å². The molecule has 0 saturated carbocycles. The van der Waals surface area contributed by atoms with Crippen molar-refractivity contribution in [2.45, 2.75) is 44.3 Å². The van der Waals surface area contributed by atoms with Crippen molar-refractivity contribution in [3.8, 4) is 0 Å². The molecule has 25 heavy (non-hydrogen) atoms. The number of Topliss-reactive ketones (excluding diaryl/α,β-unsaturated/α-hetero) is 1. The van der Waals surface area contributed by atoms with Crippen LogP contribution in [0.3, 0.4) is 0 Å². The van der Waals surface area contributed by atoms with Gasteiger partial charge in [0.2, 0.25) is 5.95 Å². The largest absolute Gasteiger partial charge is 0.342 e. The van der Waals surface area contributed by atoms with Gasteiger partial charge in [-0.1, -0.05) is 6.07 Å². The summed E-state index contributed by atoms with van der Waals surface area (Å²) in [5.41, 5.74) is 3.05. The van der Waals surface area contributed by atoms with Crippen LogP contribution >= 0.6 is 0 Å². The zero-order valence-electron chi connectivity index (χ0n) is 14.7. The maximum atomic E-state index is 12.2. The van der Waals surface area contributed by atoms with Crippen LogP contribution in [0.5, 0.6) is 0 Å². The van der Waals surface area contributed by atoms with Gasteiger partial charge in [-0.3, -0.25) is 4.79 Å². The number of aromatic nitrogens is 2. The Kier molecular flexibility index (Phi) is 3.40. The van der Waals surface area contributed by atoms with Gasteiger partial charge in [-0.15, -0.1) is 0 Å². The van der Waals surface area contributed by atoms with Crippen molar-refractivity contribution in [2.24, 2.45) is 0 Å². The first-order chi connectivity index (χ1) is 12.2. The number of anilines is 1. The lowest BCUT2D eigenvalue weighted by molar-refractivity contribution is 0.0973. The number of ketones is 1. The molecule has 2 saturated heterocycles. The Morgan fingerprint density at radius 3 is 2.84 bits per heavy atom. The number of aryl methyl sites for hydroxylation is 1. The molecule has 0 radical (unpaired) electrons. The fraction of sp³-hybridized carbons (Fsp3) is 0.579. The number of hydrogen-bond donors (Lipinski definition) is 2. The Hall–Kier alpha value is -1.92. The van der Waals surface area contributed by atoms with Crippen LogP contribution in [-0.2, 0) is 6.54 Å². The monoisotopic (exact) mass is 339 g/mol. The Morgan fingerprint density at radius 2 is 2.08 bits per heavy atom. The molecule has 6 nitrogen and oxygen atoms in total. The molecule has 6 heteroatoms. The second kappa shape index (κ2) is 5.54. The number of piperazine rings is 1. The Balaban J connectivity index is 1.43. The Bertz CT molecular complexity index is 824. The molecule has 2 N–H and O–H groups in total. The molecule has 2 aromatic rings. The minimum Gasteiger partial charge on any atom is -0.342 e. The first-order valence-corrected chi connectivity index (χ1v) is 9.41. The van der Waals surface area contributed by atoms with E-state index in [0.717, 1.165) is 68.1 Å². The number of nitrogens with zero attached hydrogens (tertiary/aromatic N) is 3. The summed E-state index contributed by atoms with van der Waals surface area (Å²) in [5, 5.41) is 7.40. The van der Waals surface area contributed by atoms with Gasteiger partial charge in [0.25, 0.3) is 0 Å². The highest BCUT2D eigenvalue weighted by molar-refractivity contribution is 6.08. The van der Waals surface area contributed by atoms with Crippen molar-refractivity contribution in [1.29, 1.82) is 0 Å². The van der Waals surface area contributed by atoms with E-state index in [1.54, 1.807) is 0 Å². The van der Waals surface area contributed by atoms with Gasteiger partial charge in [-0.2, -0.15) is 0 Å². The van der Waals surface area contributed by atoms with Gasteiger partial charge in [-0.05, 0) is 31.9 Å². The number of benzene rings is 1. The summed E-state index contributed by atoms with van der Waals surface area (Å²) in [5.74, 6) is 1.29. The minimum atomic E-state index is 0.234. The van der Waals surface area contributed by atoms with Gasteiger partial charge in [0.15, 0.2) is 5.78 Å². The lowest BCUT2D eigenvalue weighted by Crippen LogP contribution is -2.65. The second-order valence-corrected chi connectivity index (χ2v) is 7.84. The summed E-state index contributed by atoms with van der Waals surface area (Å²) in [4.78, 5) is 19.5. The van der Waals surface area contributed by atoms with E-state index in [1.165, 1.54) is 0 Å². The standard InChI is InChI=1S/C19H25N5O/c1-13-11-21-19(12-20-13)6-9-23(10-7-19)18-22-15-4-2-3-14-16(25)5-8-24(18)17(14)15/h2-4,13,20-21H,5-12H2,1H3. The molecule has 0 amide bonds. The summed E-state index contributed by atoms with van der Waals surface area (Å²) in [6.07, 6.45) is 2.83. The zero-order chi connectivity index (χ0) is 17.0. The SMILES string of the molecule is CC1CNC2(CCN(c3nc4cccc5c4n3CCC5=O)CC2)CN1. The van der Waals surface area contributed by atoms with Crippen molar-refractivity contribution < 1.29 is 4.79 Å². The molecule has 4 heterocycles. The second-order valence-electron chi connectivity index (χ2n) is 7.84. The van der Waals surface area contributed by atoms with E-state index in [4.69, 9.17) is 4.98 Å². The highest BCUT2D eigenvalue weighted by Gasteiger charge is 2.38.